The maximum absolute atomic E-state index is 11.8. The zero-order chi connectivity index (χ0) is 12.3. The number of hydrogen-bond acceptors (Lipinski definition) is 2. The first kappa shape index (κ1) is 11.9. The fraction of sp³-hybridized carbons (Fsp3) is 0.462. The van der Waals surface area contributed by atoms with Gasteiger partial charge in [-0.15, -0.1) is 0 Å². The van der Waals surface area contributed by atoms with Gasteiger partial charge in [-0.2, -0.15) is 0 Å². The van der Waals surface area contributed by atoms with E-state index in [2.05, 4.69) is 28.7 Å². The first-order chi connectivity index (χ1) is 8.26. The van der Waals surface area contributed by atoms with Gasteiger partial charge in [0.1, 0.15) is 5.65 Å². The third kappa shape index (κ3) is 2.42. The van der Waals surface area contributed by atoms with Crippen molar-refractivity contribution in [3.05, 3.63) is 34.2 Å². The summed E-state index contributed by atoms with van der Waals surface area (Å²) in [5.41, 5.74) is 2.02. The summed E-state index contributed by atoms with van der Waals surface area (Å²) in [6, 6.07) is 1.58. The van der Waals surface area contributed by atoms with Gasteiger partial charge in [0.15, 0.2) is 5.43 Å². The van der Waals surface area contributed by atoms with Crippen molar-refractivity contribution in [2.45, 2.75) is 20.3 Å². The second kappa shape index (κ2) is 5.19. The number of likely N-dealkylation sites (N-methyl/N-ethyl adjacent to an activating group) is 1. The Kier molecular flexibility index (Phi) is 3.64. The molecule has 0 unspecified atom stereocenters. The van der Waals surface area contributed by atoms with E-state index in [4.69, 9.17) is 0 Å². The van der Waals surface area contributed by atoms with E-state index in [0.29, 0.717) is 0 Å². The summed E-state index contributed by atoms with van der Waals surface area (Å²) in [5.74, 6) is 0. The van der Waals surface area contributed by atoms with Gasteiger partial charge in [0, 0.05) is 25.0 Å². The molecule has 4 nitrogen and oxygen atoms in total. The number of nitrogens with one attached hydrogen (secondary N) is 2. The minimum Gasteiger partial charge on any atom is -0.347 e. The molecule has 0 saturated carbocycles. The van der Waals surface area contributed by atoms with Gasteiger partial charge in [0.2, 0.25) is 0 Å². The Bertz CT molecular complexity index is 537. The van der Waals surface area contributed by atoms with Gasteiger partial charge in [-0.25, -0.2) is 0 Å². The second-order valence-electron chi connectivity index (χ2n) is 4.18. The van der Waals surface area contributed by atoms with E-state index in [1.165, 1.54) is 0 Å². The highest BCUT2D eigenvalue weighted by molar-refractivity contribution is 5.79. The SMILES string of the molecule is CCN(CC)CCc1c[nH]c2[nH]ccc(=O)c12. The Balaban J connectivity index is 2.22. The van der Waals surface area contributed by atoms with Crippen LogP contribution in [0.15, 0.2) is 23.3 Å². The van der Waals surface area contributed by atoms with Gasteiger partial charge in [-0.05, 0) is 25.1 Å². The smallest absolute Gasteiger partial charge is 0.191 e. The zero-order valence-electron chi connectivity index (χ0n) is 10.4. The molecule has 0 spiro atoms. The Hall–Kier alpha value is -1.55. The Morgan fingerprint density at radius 1 is 1.24 bits per heavy atom. The molecular formula is C13H19N3O. The lowest BCUT2D eigenvalue weighted by Crippen LogP contribution is -2.25. The molecule has 0 fully saturated rings. The normalized spacial score (nSPS) is 11.5. The summed E-state index contributed by atoms with van der Waals surface area (Å²) in [6.45, 7) is 7.41. The van der Waals surface area contributed by atoms with E-state index < -0.39 is 0 Å². The number of rotatable bonds is 5. The molecule has 17 heavy (non-hydrogen) atoms. The summed E-state index contributed by atoms with van der Waals surface area (Å²) in [7, 11) is 0. The number of nitrogens with zero attached hydrogens (tertiary/aromatic N) is 1. The molecule has 0 aliphatic heterocycles. The lowest BCUT2D eigenvalue weighted by atomic mass is 10.1. The Labute approximate surface area is 101 Å². The van der Waals surface area contributed by atoms with E-state index in [9.17, 15) is 4.79 Å². The predicted octanol–water partition coefficient (Wildman–Crippen LogP) is 1.74. The minimum atomic E-state index is 0.0922. The highest BCUT2D eigenvalue weighted by Crippen LogP contribution is 2.12. The van der Waals surface area contributed by atoms with Crippen LogP contribution in [0, 0.1) is 0 Å². The quantitative estimate of drug-likeness (QED) is 0.826. The largest absolute Gasteiger partial charge is 0.347 e. The topological polar surface area (TPSA) is 51.9 Å². The number of aromatic amines is 2. The van der Waals surface area contributed by atoms with Gasteiger partial charge >= 0.3 is 0 Å². The van der Waals surface area contributed by atoms with E-state index >= 15 is 0 Å². The third-order valence-corrected chi connectivity index (χ3v) is 3.26. The van der Waals surface area contributed by atoms with E-state index in [0.717, 1.165) is 42.7 Å². The summed E-state index contributed by atoms with van der Waals surface area (Å²) in [4.78, 5) is 20.3. The van der Waals surface area contributed by atoms with Crippen LogP contribution in [0.5, 0.6) is 0 Å². The average molecular weight is 233 g/mol. The lowest BCUT2D eigenvalue weighted by molar-refractivity contribution is 0.308. The van der Waals surface area contributed by atoms with Crippen molar-refractivity contribution in [2.75, 3.05) is 19.6 Å². The first-order valence-corrected chi connectivity index (χ1v) is 6.16. The molecule has 2 aromatic heterocycles. The van der Waals surface area contributed by atoms with E-state index in [1.807, 2.05) is 6.20 Å². The van der Waals surface area contributed by atoms with Crippen LogP contribution in [0.2, 0.25) is 0 Å². The molecule has 92 valence electrons. The zero-order valence-corrected chi connectivity index (χ0v) is 10.4. The summed E-state index contributed by atoms with van der Waals surface area (Å²) in [6.07, 6.45) is 4.52. The van der Waals surface area contributed by atoms with E-state index in [1.54, 1.807) is 12.3 Å². The summed E-state index contributed by atoms with van der Waals surface area (Å²) in [5, 5.41) is 0.805. The molecule has 0 aliphatic carbocycles. The fourth-order valence-corrected chi connectivity index (χ4v) is 2.16. The van der Waals surface area contributed by atoms with Crippen LogP contribution in [0.3, 0.4) is 0 Å². The number of H-pyrrole nitrogens is 2. The van der Waals surface area contributed by atoms with Crippen LogP contribution in [0.1, 0.15) is 19.4 Å². The molecule has 2 aromatic rings. The number of hydrogen-bond donors (Lipinski definition) is 2. The highest BCUT2D eigenvalue weighted by Gasteiger charge is 2.08. The van der Waals surface area contributed by atoms with Crippen molar-refractivity contribution < 1.29 is 0 Å². The average Bonchev–Trinajstić information content (AvgIpc) is 2.75. The van der Waals surface area contributed by atoms with Crippen molar-refractivity contribution >= 4 is 11.0 Å². The molecule has 2 heterocycles. The van der Waals surface area contributed by atoms with Crippen LogP contribution in [-0.2, 0) is 6.42 Å². The van der Waals surface area contributed by atoms with Crippen molar-refractivity contribution in [3.63, 3.8) is 0 Å². The molecule has 0 aromatic carbocycles. The van der Waals surface area contributed by atoms with Crippen LogP contribution in [0.25, 0.3) is 11.0 Å². The van der Waals surface area contributed by atoms with Gasteiger partial charge in [-0.1, -0.05) is 13.8 Å². The monoisotopic (exact) mass is 233 g/mol. The van der Waals surface area contributed by atoms with Crippen LogP contribution >= 0.6 is 0 Å². The molecule has 2 N–H and O–H groups in total. The van der Waals surface area contributed by atoms with E-state index in [-0.39, 0.29) is 5.43 Å². The van der Waals surface area contributed by atoms with Crippen molar-refractivity contribution in [3.8, 4) is 0 Å². The molecule has 0 radical (unpaired) electrons. The lowest BCUT2D eigenvalue weighted by Gasteiger charge is -2.17. The second-order valence-corrected chi connectivity index (χ2v) is 4.18. The molecule has 0 bridgehead atoms. The molecule has 0 amide bonds. The van der Waals surface area contributed by atoms with Crippen molar-refractivity contribution in [2.24, 2.45) is 0 Å². The first-order valence-electron chi connectivity index (χ1n) is 6.16. The van der Waals surface area contributed by atoms with Crippen molar-refractivity contribution in [1.29, 1.82) is 0 Å². The minimum absolute atomic E-state index is 0.0922. The van der Waals surface area contributed by atoms with Crippen LogP contribution < -0.4 is 5.43 Å². The summed E-state index contributed by atoms with van der Waals surface area (Å²) < 4.78 is 0. The molecule has 4 heteroatoms. The van der Waals surface area contributed by atoms with Crippen molar-refractivity contribution in [1.82, 2.24) is 14.9 Å². The molecule has 0 atom stereocenters. The van der Waals surface area contributed by atoms with Crippen LogP contribution in [0.4, 0.5) is 0 Å². The van der Waals surface area contributed by atoms with Gasteiger partial charge in [-0.3, -0.25) is 4.79 Å². The number of fused-ring (bicyclic) bond motifs is 1. The number of aromatic nitrogens is 2. The highest BCUT2D eigenvalue weighted by atomic mass is 16.1. The maximum atomic E-state index is 11.8. The van der Waals surface area contributed by atoms with Gasteiger partial charge in [0.25, 0.3) is 0 Å². The number of pyridine rings is 1. The fourth-order valence-electron chi connectivity index (χ4n) is 2.16. The summed E-state index contributed by atoms with van der Waals surface area (Å²) >= 11 is 0. The molecule has 0 aliphatic rings. The third-order valence-electron chi connectivity index (χ3n) is 3.26. The Morgan fingerprint density at radius 2 is 2.00 bits per heavy atom. The standard InChI is InChI=1S/C13H19N3O/c1-3-16(4-2)8-6-10-9-15-13-12(10)11(17)5-7-14-13/h5,7,9H,3-4,6,8H2,1-2H3,(H2,14,15,17). The predicted molar refractivity (Wildman–Crippen MR) is 70.4 cm³/mol. The molecular weight excluding hydrogens is 214 g/mol. The molecule has 2 rings (SSSR count). The Morgan fingerprint density at radius 3 is 2.71 bits per heavy atom. The maximum Gasteiger partial charge on any atom is 0.191 e. The van der Waals surface area contributed by atoms with Gasteiger partial charge in [0.05, 0.1) is 5.39 Å². The molecule has 0 saturated heterocycles. The van der Waals surface area contributed by atoms with Crippen LogP contribution in [-0.4, -0.2) is 34.5 Å². The van der Waals surface area contributed by atoms with Gasteiger partial charge < -0.3 is 14.9 Å².